The molecule has 0 spiro atoms. The van der Waals surface area contributed by atoms with Gasteiger partial charge < -0.3 is 19.4 Å². The molecule has 0 saturated carbocycles. The maximum absolute atomic E-state index is 9.09. The van der Waals surface area contributed by atoms with Crippen LogP contribution in [0.3, 0.4) is 0 Å². The molecule has 106 valence electrons. The molecule has 0 saturated heterocycles. The number of ether oxygens (including phenoxy) is 1. The van der Waals surface area contributed by atoms with Gasteiger partial charge in [0, 0.05) is 12.6 Å². The van der Waals surface area contributed by atoms with E-state index < -0.39 is 7.12 Å². The minimum atomic E-state index is -1.43. The molecule has 5 nitrogen and oxygen atoms in total. The van der Waals surface area contributed by atoms with Gasteiger partial charge >= 0.3 is 7.12 Å². The van der Waals surface area contributed by atoms with Crippen LogP contribution in [0.4, 0.5) is 0 Å². The molecule has 0 amide bonds. The molecular formula is C15H15BN2O3. The number of fused-ring (bicyclic) bond motifs is 1. The summed E-state index contributed by atoms with van der Waals surface area (Å²) in [6.45, 7) is 0.671. The predicted octanol–water partition coefficient (Wildman–Crippen LogP) is 0.773. The number of aromatic nitrogens is 2. The van der Waals surface area contributed by atoms with Crippen LogP contribution in [0, 0.1) is 0 Å². The summed E-state index contributed by atoms with van der Waals surface area (Å²) in [6, 6.07) is 13.0. The van der Waals surface area contributed by atoms with Crippen molar-refractivity contribution in [2.45, 2.75) is 6.54 Å². The molecule has 6 heteroatoms. The Bertz CT molecular complexity index is 753. The largest absolute Gasteiger partial charge is 0.497 e. The topological polar surface area (TPSA) is 67.5 Å². The fourth-order valence-corrected chi connectivity index (χ4v) is 2.29. The van der Waals surface area contributed by atoms with Crippen LogP contribution in [0.1, 0.15) is 5.56 Å². The Morgan fingerprint density at radius 3 is 2.57 bits per heavy atom. The first-order valence-electron chi connectivity index (χ1n) is 6.61. The Labute approximate surface area is 122 Å². The zero-order valence-corrected chi connectivity index (χ0v) is 11.6. The zero-order valence-electron chi connectivity index (χ0n) is 11.6. The van der Waals surface area contributed by atoms with Crippen LogP contribution in [-0.4, -0.2) is 33.8 Å². The molecule has 1 aromatic heterocycles. The lowest BCUT2D eigenvalue weighted by Crippen LogP contribution is -2.29. The number of rotatable bonds is 4. The zero-order chi connectivity index (χ0) is 14.8. The standard InChI is InChI=1S/C15H15BN2O3/c1-21-13-6-7-15-14(8-13)17-10-18(15)9-11-2-4-12(5-3-11)16(19)20/h2-8,10,19-20H,9H2,1H3. The minimum Gasteiger partial charge on any atom is -0.497 e. The van der Waals surface area contributed by atoms with Crippen molar-refractivity contribution in [3.63, 3.8) is 0 Å². The van der Waals surface area contributed by atoms with Gasteiger partial charge in [0.25, 0.3) is 0 Å². The highest BCUT2D eigenvalue weighted by Crippen LogP contribution is 2.20. The van der Waals surface area contributed by atoms with Gasteiger partial charge in [-0.2, -0.15) is 0 Å². The van der Waals surface area contributed by atoms with Gasteiger partial charge in [0.05, 0.1) is 24.5 Å². The molecule has 0 aliphatic heterocycles. The maximum atomic E-state index is 9.09. The molecule has 0 atom stereocenters. The SMILES string of the molecule is COc1ccc2c(c1)ncn2Cc1ccc(B(O)O)cc1. The van der Waals surface area contributed by atoms with Crippen molar-refractivity contribution in [1.29, 1.82) is 0 Å². The van der Waals surface area contributed by atoms with E-state index in [-0.39, 0.29) is 0 Å². The Balaban J connectivity index is 1.87. The number of imidazole rings is 1. The molecule has 0 unspecified atom stereocenters. The fourth-order valence-electron chi connectivity index (χ4n) is 2.29. The lowest BCUT2D eigenvalue weighted by molar-refractivity contribution is 0.415. The number of nitrogens with zero attached hydrogens (tertiary/aromatic N) is 2. The molecule has 3 rings (SSSR count). The molecule has 21 heavy (non-hydrogen) atoms. The highest BCUT2D eigenvalue weighted by atomic mass is 16.5. The van der Waals surface area contributed by atoms with E-state index in [1.54, 1.807) is 25.6 Å². The summed E-state index contributed by atoms with van der Waals surface area (Å²) in [6.07, 6.45) is 1.79. The monoisotopic (exact) mass is 282 g/mol. The van der Waals surface area contributed by atoms with Crippen LogP contribution in [-0.2, 0) is 6.54 Å². The van der Waals surface area contributed by atoms with Crippen LogP contribution >= 0.6 is 0 Å². The smallest absolute Gasteiger partial charge is 0.488 e. The molecule has 0 fully saturated rings. The van der Waals surface area contributed by atoms with E-state index in [0.29, 0.717) is 12.0 Å². The summed E-state index contributed by atoms with van der Waals surface area (Å²) in [4.78, 5) is 4.37. The van der Waals surface area contributed by atoms with Crippen molar-refractivity contribution in [3.05, 3.63) is 54.4 Å². The molecule has 0 radical (unpaired) electrons. The summed E-state index contributed by atoms with van der Waals surface area (Å²) in [7, 11) is 0.204. The van der Waals surface area contributed by atoms with Crippen LogP contribution in [0.15, 0.2) is 48.8 Å². The van der Waals surface area contributed by atoms with E-state index in [0.717, 1.165) is 22.3 Å². The molecule has 0 bridgehead atoms. The van der Waals surface area contributed by atoms with E-state index in [4.69, 9.17) is 14.8 Å². The van der Waals surface area contributed by atoms with Gasteiger partial charge in [0.2, 0.25) is 0 Å². The number of hydrogen-bond acceptors (Lipinski definition) is 4. The van der Waals surface area contributed by atoms with E-state index in [9.17, 15) is 0 Å². The summed E-state index contributed by atoms with van der Waals surface area (Å²) in [5.74, 6) is 0.786. The highest BCUT2D eigenvalue weighted by molar-refractivity contribution is 6.58. The second-order valence-corrected chi connectivity index (χ2v) is 4.84. The Morgan fingerprint density at radius 2 is 1.90 bits per heavy atom. The predicted molar refractivity (Wildman–Crippen MR) is 81.7 cm³/mol. The first kappa shape index (κ1) is 13.7. The summed E-state index contributed by atoms with van der Waals surface area (Å²) in [5.41, 5.74) is 3.47. The van der Waals surface area contributed by atoms with Gasteiger partial charge in [0.15, 0.2) is 0 Å². The molecule has 0 aliphatic rings. The normalized spacial score (nSPS) is 10.8. The van der Waals surface area contributed by atoms with Crippen LogP contribution in [0.25, 0.3) is 11.0 Å². The van der Waals surface area contributed by atoms with E-state index in [1.807, 2.05) is 34.9 Å². The average Bonchev–Trinajstić information content (AvgIpc) is 2.90. The van der Waals surface area contributed by atoms with Gasteiger partial charge in [-0.1, -0.05) is 24.3 Å². The van der Waals surface area contributed by atoms with Gasteiger partial charge in [-0.05, 0) is 23.2 Å². The van der Waals surface area contributed by atoms with Crippen molar-refractivity contribution < 1.29 is 14.8 Å². The second-order valence-electron chi connectivity index (χ2n) is 4.84. The van der Waals surface area contributed by atoms with Crippen molar-refractivity contribution in [2.24, 2.45) is 0 Å². The van der Waals surface area contributed by atoms with Gasteiger partial charge in [-0.3, -0.25) is 0 Å². The third-order valence-corrected chi connectivity index (χ3v) is 3.46. The third kappa shape index (κ3) is 2.77. The van der Waals surface area contributed by atoms with Crippen molar-refractivity contribution in [3.8, 4) is 5.75 Å². The van der Waals surface area contributed by atoms with Gasteiger partial charge in [-0.25, -0.2) is 4.98 Å². The summed E-state index contributed by atoms with van der Waals surface area (Å²) in [5, 5.41) is 18.2. The molecule has 2 N–H and O–H groups in total. The molecule has 1 heterocycles. The Kier molecular flexibility index (Phi) is 3.64. The fraction of sp³-hybridized carbons (Fsp3) is 0.133. The summed E-state index contributed by atoms with van der Waals surface area (Å²) >= 11 is 0. The Morgan fingerprint density at radius 1 is 1.14 bits per heavy atom. The molecule has 2 aromatic carbocycles. The summed E-state index contributed by atoms with van der Waals surface area (Å²) < 4.78 is 7.23. The minimum absolute atomic E-state index is 0.485. The van der Waals surface area contributed by atoms with Crippen molar-refractivity contribution in [1.82, 2.24) is 9.55 Å². The van der Waals surface area contributed by atoms with Gasteiger partial charge in [0.1, 0.15) is 5.75 Å². The molecular weight excluding hydrogens is 267 g/mol. The van der Waals surface area contributed by atoms with E-state index >= 15 is 0 Å². The third-order valence-electron chi connectivity index (χ3n) is 3.46. The number of hydrogen-bond donors (Lipinski definition) is 2. The van der Waals surface area contributed by atoms with Crippen molar-refractivity contribution >= 4 is 23.6 Å². The van der Waals surface area contributed by atoms with Crippen molar-refractivity contribution in [2.75, 3.05) is 7.11 Å². The highest BCUT2D eigenvalue weighted by Gasteiger charge is 2.10. The van der Waals surface area contributed by atoms with Crippen LogP contribution < -0.4 is 10.2 Å². The Hall–Kier alpha value is -2.31. The lowest BCUT2D eigenvalue weighted by Gasteiger charge is -2.06. The maximum Gasteiger partial charge on any atom is 0.488 e. The van der Waals surface area contributed by atoms with Crippen LogP contribution in [0.2, 0.25) is 0 Å². The lowest BCUT2D eigenvalue weighted by atomic mass is 9.80. The quantitative estimate of drug-likeness (QED) is 0.694. The molecule has 0 aliphatic carbocycles. The first-order valence-corrected chi connectivity index (χ1v) is 6.61. The number of methoxy groups -OCH3 is 1. The average molecular weight is 282 g/mol. The number of benzene rings is 2. The first-order chi connectivity index (χ1) is 10.2. The van der Waals surface area contributed by atoms with Crippen LogP contribution in [0.5, 0.6) is 5.75 Å². The van der Waals surface area contributed by atoms with Gasteiger partial charge in [-0.15, -0.1) is 0 Å². The van der Waals surface area contributed by atoms with E-state index in [1.165, 1.54) is 0 Å². The second kappa shape index (κ2) is 5.59. The molecule has 3 aromatic rings. The van der Waals surface area contributed by atoms with E-state index in [2.05, 4.69) is 4.98 Å².